The van der Waals surface area contributed by atoms with Crippen molar-refractivity contribution in [1.82, 2.24) is 0 Å². The van der Waals surface area contributed by atoms with Gasteiger partial charge >= 0.3 is 0 Å². The summed E-state index contributed by atoms with van der Waals surface area (Å²) in [5, 5.41) is 0. The molecule has 0 fully saturated rings. The molecular formula is C14H26O. The minimum absolute atomic E-state index is 0.431. The van der Waals surface area contributed by atoms with Gasteiger partial charge in [-0.15, -0.1) is 12.3 Å². The Balaban J connectivity index is 2.96. The average molecular weight is 210 g/mol. The van der Waals surface area contributed by atoms with Crippen LogP contribution in [0.3, 0.4) is 0 Å². The van der Waals surface area contributed by atoms with Crippen molar-refractivity contribution >= 4 is 0 Å². The first-order valence-corrected chi connectivity index (χ1v) is 6.27. The number of hydrogen-bond acceptors (Lipinski definition) is 1. The Morgan fingerprint density at radius 3 is 2.07 bits per heavy atom. The van der Waals surface area contributed by atoms with Crippen LogP contribution in [0.5, 0.6) is 0 Å². The van der Waals surface area contributed by atoms with E-state index in [-0.39, 0.29) is 0 Å². The van der Waals surface area contributed by atoms with Crippen LogP contribution < -0.4 is 0 Å². The maximum absolute atomic E-state index is 5.20. The van der Waals surface area contributed by atoms with Crippen LogP contribution in [0, 0.1) is 12.3 Å². The van der Waals surface area contributed by atoms with E-state index in [9.17, 15) is 0 Å². The van der Waals surface area contributed by atoms with E-state index >= 15 is 0 Å². The lowest BCUT2D eigenvalue weighted by Crippen LogP contribution is -2.03. The minimum atomic E-state index is 0.431. The monoisotopic (exact) mass is 210 g/mol. The first-order valence-electron chi connectivity index (χ1n) is 6.27. The van der Waals surface area contributed by atoms with Crippen molar-refractivity contribution in [2.24, 2.45) is 0 Å². The molecule has 1 atom stereocenters. The van der Waals surface area contributed by atoms with Crippen LogP contribution in [-0.2, 0) is 4.74 Å². The van der Waals surface area contributed by atoms with E-state index in [1.54, 1.807) is 7.11 Å². The van der Waals surface area contributed by atoms with Crippen LogP contribution in [0.4, 0.5) is 0 Å². The van der Waals surface area contributed by atoms with Crippen LogP contribution in [0.25, 0.3) is 0 Å². The van der Waals surface area contributed by atoms with E-state index in [1.165, 1.54) is 51.4 Å². The topological polar surface area (TPSA) is 9.23 Å². The first-order chi connectivity index (χ1) is 7.31. The maximum atomic E-state index is 5.20. The molecule has 0 aromatic heterocycles. The summed E-state index contributed by atoms with van der Waals surface area (Å²) in [6, 6.07) is 0. The Morgan fingerprint density at radius 2 is 1.53 bits per heavy atom. The van der Waals surface area contributed by atoms with Crippen LogP contribution in [0.2, 0.25) is 0 Å². The molecule has 0 rings (SSSR count). The maximum Gasteiger partial charge on any atom is 0.0543 e. The van der Waals surface area contributed by atoms with Gasteiger partial charge in [0, 0.05) is 13.5 Å². The zero-order valence-corrected chi connectivity index (χ0v) is 10.4. The van der Waals surface area contributed by atoms with Crippen molar-refractivity contribution in [2.75, 3.05) is 7.11 Å². The van der Waals surface area contributed by atoms with Crippen molar-refractivity contribution in [3.63, 3.8) is 0 Å². The molecule has 88 valence electrons. The van der Waals surface area contributed by atoms with Gasteiger partial charge in [-0.1, -0.05) is 38.5 Å². The molecule has 1 unspecified atom stereocenters. The fourth-order valence-corrected chi connectivity index (χ4v) is 1.66. The predicted molar refractivity (Wildman–Crippen MR) is 66.9 cm³/mol. The zero-order chi connectivity index (χ0) is 11.4. The SMILES string of the molecule is C#CCCCCCCCCCC(C)OC. The largest absolute Gasteiger partial charge is 0.382 e. The summed E-state index contributed by atoms with van der Waals surface area (Å²) in [5.74, 6) is 2.68. The fraction of sp³-hybridized carbons (Fsp3) is 0.857. The Kier molecular flexibility index (Phi) is 11.2. The lowest BCUT2D eigenvalue weighted by molar-refractivity contribution is 0.108. The molecule has 0 aromatic carbocycles. The molecule has 0 spiro atoms. The van der Waals surface area contributed by atoms with Gasteiger partial charge in [0.15, 0.2) is 0 Å². The summed E-state index contributed by atoms with van der Waals surface area (Å²) >= 11 is 0. The highest BCUT2D eigenvalue weighted by atomic mass is 16.5. The highest BCUT2D eigenvalue weighted by Crippen LogP contribution is 2.11. The summed E-state index contributed by atoms with van der Waals surface area (Å²) < 4.78 is 5.20. The van der Waals surface area contributed by atoms with Crippen LogP contribution >= 0.6 is 0 Å². The molecule has 0 heterocycles. The van der Waals surface area contributed by atoms with Crippen LogP contribution in [-0.4, -0.2) is 13.2 Å². The number of rotatable bonds is 10. The summed E-state index contributed by atoms with van der Waals surface area (Å²) in [6.45, 7) is 2.14. The number of hydrogen-bond donors (Lipinski definition) is 0. The molecule has 0 saturated carbocycles. The molecule has 15 heavy (non-hydrogen) atoms. The molecule has 0 N–H and O–H groups in total. The second-order valence-electron chi connectivity index (χ2n) is 4.26. The quantitative estimate of drug-likeness (QED) is 0.388. The Labute approximate surface area is 95.6 Å². The van der Waals surface area contributed by atoms with E-state index in [0.29, 0.717) is 6.10 Å². The van der Waals surface area contributed by atoms with E-state index in [1.807, 2.05) is 0 Å². The minimum Gasteiger partial charge on any atom is -0.382 e. The third-order valence-corrected chi connectivity index (χ3v) is 2.83. The smallest absolute Gasteiger partial charge is 0.0543 e. The van der Waals surface area contributed by atoms with Crippen molar-refractivity contribution < 1.29 is 4.74 Å². The van der Waals surface area contributed by atoms with Gasteiger partial charge in [-0.2, -0.15) is 0 Å². The van der Waals surface area contributed by atoms with Gasteiger partial charge in [0.25, 0.3) is 0 Å². The average Bonchev–Trinajstić information content (AvgIpc) is 2.26. The lowest BCUT2D eigenvalue weighted by atomic mass is 10.1. The standard InChI is InChI=1S/C14H26O/c1-4-5-6-7-8-9-10-11-12-13-14(2)15-3/h1,14H,5-13H2,2-3H3. The molecule has 0 aliphatic rings. The van der Waals surface area contributed by atoms with E-state index in [2.05, 4.69) is 12.8 Å². The lowest BCUT2D eigenvalue weighted by Gasteiger charge is -2.08. The summed E-state index contributed by atoms with van der Waals surface area (Å²) in [6.07, 6.45) is 17.0. The van der Waals surface area contributed by atoms with E-state index in [4.69, 9.17) is 11.2 Å². The van der Waals surface area contributed by atoms with Crippen LogP contribution in [0.15, 0.2) is 0 Å². The zero-order valence-electron chi connectivity index (χ0n) is 10.4. The second-order valence-corrected chi connectivity index (χ2v) is 4.26. The number of methoxy groups -OCH3 is 1. The van der Waals surface area contributed by atoms with Crippen LogP contribution in [0.1, 0.15) is 64.7 Å². The second kappa shape index (κ2) is 11.6. The highest BCUT2D eigenvalue weighted by Gasteiger charge is 1.98. The van der Waals surface area contributed by atoms with Crippen molar-refractivity contribution in [2.45, 2.75) is 70.8 Å². The van der Waals surface area contributed by atoms with Crippen molar-refractivity contribution in [3.05, 3.63) is 0 Å². The first kappa shape index (κ1) is 14.5. The molecule has 0 aromatic rings. The molecule has 0 aliphatic heterocycles. The Morgan fingerprint density at radius 1 is 1.00 bits per heavy atom. The van der Waals surface area contributed by atoms with Crippen molar-refractivity contribution in [3.8, 4) is 12.3 Å². The molecule has 0 bridgehead atoms. The van der Waals surface area contributed by atoms with Gasteiger partial charge in [0.2, 0.25) is 0 Å². The number of terminal acetylenes is 1. The van der Waals surface area contributed by atoms with Gasteiger partial charge in [-0.05, 0) is 19.8 Å². The third-order valence-electron chi connectivity index (χ3n) is 2.83. The van der Waals surface area contributed by atoms with Gasteiger partial charge in [0.05, 0.1) is 6.10 Å². The van der Waals surface area contributed by atoms with Gasteiger partial charge < -0.3 is 4.74 Å². The van der Waals surface area contributed by atoms with Gasteiger partial charge in [0.1, 0.15) is 0 Å². The Hall–Kier alpha value is -0.480. The normalized spacial score (nSPS) is 12.3. The molecule has 0 aliphatic carbocycles. The third kappa shape index (κ3) is 11.4. The molecule has 0 saturated heterocycles. The van der Waals surface area contributed by atoms with Crippen molar-refractivity contribution in [1.29, 1.82) is 0 Å². The number of unbranched alkanes of at least 4 members (excludes halogenated alkanes) is 7. The summed E-state index contributed by atoms with van der Waals surface area (Å²) in [7, 11) is 1.79. The fourth-order valence-electron chi connectivity index (χ4n) is 1.66. The molecule has 1 heteroatoms. The van der Waals surface area contributed by atoms with Gasteiger partial charge in [-0.3, -0.25) is 0 Å². The van der Waals surface area contributed by atoms with Gasteiger partial charge in [-0.25, -0.2) is 0 Å². The predicted octanol–water partition coefficient (Wildman–Crippen LogP) is 4.17. The number of ether oxygens (including phenoxy) is 1. The summed E-state index contributed by atoms with van der Waals surface area (Å²) in [5.41, 5.74) is 0. The molecule has 0 amide bonds. The molecular weight excluding hydrogens is 184 g/mol. The van der Waals surface area contributed by atoms with E-state index in [0.717, 1.165) is 6.42 Å². The summed E-state index contributed by atoms with van der Waals surface area (Å²) in [4.78, 5) is 0. The molecule has 1 nitrogen and oxygen atoms in total. The molecule has 0 radical (unpaired) electrons. The van der Waals surface area contributed by atoms with E-state index < -0.39 is 0 Å². The highest BCUT2D eigenvalue weighted by molar-refractivity contribution is 4.82. The Bertz CT molecular complexity index is 157.